The first-order chi connectivity index (χ1) is 9.22. The molecular formula is C17H34Cl2. The van der Waals surface area contributed by atoms with Crippen LogP contribution in [0.3, 0.4) is 0 Å². The molecule has 0 aromatic heterocycles. The van der Waals surface area contributed by atoms with Crippen molar-refractivity contribution in [1.82, 2.24) is 0 Å². The largest absolute Gasteiger partial charge is 0.121 e. The second-order valence-corrected chi connectivity index (χ2v) is 6.91. The molecule has 0 saturated heterocycles. The van der Waals surface area contributed by atoms with Gasteiger partial charge in [0.1, 0.15) is 0 Å². The Hall–Kier alpha value is 0.580. The summed E-state index contributed by atoms with van der Waals surface area (Å²) in [6.07, 6.45) is 16.8. The Morgan fingerprint density at radius 3 is 1.21 bits per heavy atom. The molecule has 0 rings (SSSR count). The minimum absolute atomic E-state index is 0.180. The number of alkyl halides is 2. The van der Waals surface area contributed by atoms with E-state index in [0.717, 1.165) is 12.8 Å². The zero-order valence-corrected chi connectivity index (χ0v) is 14.6. The average molecular weight is 309 g/mol. The molecule has 0 aromatic carbocycles. The predicted molar refractivity (Wildman–Crippen MR) is 90.7 cm³/mol. The van der Waals surface area contributed by atoms with E-state index in [1.165, 1.54) is 70.6 Å². The molecule has 2 unspecified atom stereocenters. The van der Waals surface area contributed by atoms with Crippen molar-refractivity contribution in [3.8, 4) is 0 Å². The minimum Gasteiger partial charge on any atom is -0.121 e. The van der Waals surface area contributed by atoms with Crippen LogP contribution in [0, 0.1) is 0 Å². The summed E-state index contributed by atoms with van der Waals surface area (Å²) in [6, 6.07) is 0. The molecule has 116 valence electrons. The van der Waals surface area contributed by atoms with Crippen LogP contribution in [-0.2, 0) is 0 Å². The fourth-order valence-corrected chi connectivity index (χ4v) is 2.98. The zero-order valence-electron chi connectivity index (χ0n) is 13.1. The van der Waals surface area contributed by atoms with Crippen molar-refractivity contribution in [3.63, 3.8) is 0 Å². The highest BCUT2D eigenvalue weighted by Crippen LogP contribution is 2.22. The quantitative estimate of drug-likeness (QED) is 0.233. The summed E-state index contributed by atoms with van der Waals surface area (Å²) in [5, 5.41) is 0.359. The number of hydrogen-bond donors (Lipinski definition) is 0. The summed E-state index contributed by atoms with van der Waals surface area (Å²) < 4.78 is 0. The van der Waals surface area contributed by atoms with E-state index in [9.17, 15) is 0 Å². The monoisotopic (exact) mass is 308 g/mol. The maximum Gasteiger partial charge on any atom is 0.0499 e. The zero-order chi connectivity index (χ0) is 14.3. The third-order valence-electron chi connectivity index (χ3n) is 3.81. The molecule has 0 amide bonds. The molecule has 0 N–H and O–H groups in total. The lowest BCUT2D eigenvalue weighted by atomic mass is 10.0. The lowest BCUT2D eigenvalue weighted by Crippen LogP contribution is -2.14. The van der Waals surface area contributed by atoms with E-state index in [-0.39, 0.29) is 10.8 Å². The number of unbranched alkanes of at least 4 members (excludes halogenated alkanes) is 9. The van der Waals surface area contributed by atoms with Gasteiger partial charge < -0.3 is 0 Å². The molecule has 19 heavy (non-hydrogen) atoms. The number of halogens is 2. The van der Waals surface area contributed by atoms with Gasteiger partial charge in [0.05, 0.1) is 0 Å². The first kappa shape index (κ1) is 19.6. The fourth-order valence-electron chi connectivity index (χ4n) is 2.42. The molecule has 0 radical (unpaired) electrons. The molecule has 0 heterocycles. The van der Waals surface area contributed by atoms with Crippen molar-refractivity contribution in [2.24, 2.45) is 0 Å². The van der Waals surface area contributed by atoms with Gasteiger partial charge in [-0.05, 0) is 12.8 Å². The van der Waals surface area contributed by atoms with Crippen LogP contribution in [0.5, 0.6) is 0 Å². The van der Waals surface area contributed by atoms with Crippen LogP contribution in [0.1, 0.15) is 97.3 Å². The van der Waals surface area contributed by atoms with Crippen LogP contribution < -0.4 is 0 Å². The molecule has 0 nitrogen and oxygen atoms in total. The second kappa shape index (κ2) is 15.0. The molecule has 0 saturated carbocycles. The van der Waals surface area contributed by atoms with E-state index in [1.807, 2.05) is 0 Å². The Labute approximate surface area is 131 Å². The third-order valence-corrected chi connectivity index (χ3v) is 4.98. The highest BCUT2D eigenvalue weighted by Gasteiger charge is 2.15. The molecule has 2 heteroatoms. The third kappa shape index (κ3) is 13.3. The molecule has 0 spiro atoms. The molecule has 2 atom stereocenters. The van der Waals surface area contributed by atoms with Gasteiger partial charge in [-0.3, -0.25) is 0 Å². The van der Waals surface area contributed by atoms with Crippen molar-refractivity contribution < 1.29 is 0 Å². The van der Waals surface area contributed by atoms with Gasteiger partial charge in [-0.25, -0.2) is 0 Å². The van der Waals surface area contributed by atoms with E-state index in [4.69, 9.17) is 23.2 Å². The van der Waals surface area contributed by atoms with Gasteiger partial charge >= 0.3 is 0 Å². The van der Waals surface area contributed by atoms with E-state index in [0.29, 0.717) is 0 Å². The highest BCUT2D eigenvalue weighted by atomic mass is 35.5. The van der Waals surface area contributed by atoms with Crippen LogP contribution >= 0.6 is 23.2 Å². The normalized spacial score (nSPS) is 14.5. The summed E-state index contributed by atoms with van der Waals surface area (Å²) >= 11 is 12.8. The molecule has 0 aliphatic heterocycles. The fraction of sp³-hybridized carbons (Fsp3) is 1.00. The lowest BCUT2D eigenvalue weighted by Gasteiger charge is -2.15. The Morgan fingerprint density at radius 1 is 0.526 bits per heavy atom. The number of hydrogen-bond acceptors (Lipinski definition) is 0. The average Bonchev–Trinajstić information content (AvgIpc) is 2.42. The van der Waals surface area contributed by atoms with Crippen LogP contribution in [0.4, 0.5) is 0 Å². The van der Waals surface area contributed by atoms with Crippen LogP contribution in [0.2, 0.25) is 0 Å². The molecule has 0 bridgehead atoms. The SMILES string of the molecule is CCCCCCCCC(Cl)C(Cl)CCCCCCC. The second-order valence-electron chi connectivity index (χ2n) is 5.79. The first-order valence-corrected chi connectivity index (χ1v) is 9.37. The first-order valence-electron chi connectivity index (χ1n) is 8.50. The number of rotatable bonds is 14. The Morgan fingerprint density at radius 2 is 0.842 bits per heavy atom. The Kier molecular flexibility index (Phi) is 15.4. The van der Waals surface area contributed by atoms with Crippen LogP contribution in [0.25, 0.3) is 0 Å². The predicted octanol–water partition coefficient (Wildman–Crippen LogP) is 7.31. The molecule has 0 aliphatic rings. The van der Waals surface area contributed by atoms with Gasteiger partial charge in [0.2, 0.25) is 0 Å². The van der Waals surface area contributed by atoms with Crippen molar-refractivity contribution in [1.29, 1.82) is 0 Å². The van der Waals surface area contributed by atoms with E-state index in [2.05, 4.69) is 13.8 Å². The summed E-state index contributed by atoms with van der Waals surface area (Å²) in [5.41, 5.74) is 0. The maximum absolute atomic E-state index is 6.38. The summed E-state index contributed by atoms with van der Waals surface area (Å²) in [5.74, 6) is 0. The molecule has 0 aromatic rings. The molecular weight excluding hydrogens is 275 g/mol. The van der Waals surface area contributed by atoms with E-state index in [1.54, 1.807) is 0 Å². The van der Waals surface area contributed by atoms with Crippen LogP contribution in [-0.4, -0.2) is 10.8 Å². The van der Waals surface area contributed by atoms with Gasteiger partial charge in [-0.15, -0.1) is 23.2 Å². The molecule has 0 fully saturated rings. The maximum atomic E-state index is 6.38. The van der Waals surface area contributed by atoms with Crippen molar-refractivity contribution in [3.05, 3.63) is 0 Å². The molecule has 0 aliphatic carbocycles. The van der Waals surface area contributed by atoms with Gasteiger partial charge in [0, 0.05) is 10.8 Å². The highest BCUT2D eigenvalue weighted by molar-refractivity contribution is 6.29. The summed E-state index contributed by atoms with van der Waals surface area (Å²) in [7, 11) is 0. The smallest absolute Gasteiger partial charge is 0.0499 e. The van der Waals surface area contributed by atoms with Gasteiger partial charge in [0.25, 0.3) is 0 Å². The van der Waals surface area contributed by atoms with Gasteiger partial charge in [-0.1, -0.05) is 84.5 Å². The van der Waals surface area contributed by atoms with Gasteiger partial charge in [-0.2, -0.15) is 0 Å². The lowest BCUT2D eigenvalue weighted by molar-refractivity contribution is 0.543. The van der Waals surface area contributed by atoms with E-state index < -0.39 is 0 Å². The topological polar surface area (TPSA) is 0 Å². The Bertz CT molecular complexity index is 171. The summed E-state index contributed by atoms with van der Waals surface area (Å²) in [4.78, 5) is 0. The summed E-state index contributed by atoms with van der Waals surface area (Å²) in [6.45, 7) is 4.51. The van der Waals surface area contributed by atoms with Crippen molar-refractivity contribution in [2.45, 2.75) is 108 Å². The van der Waals surface area contributed by atoms with Crippen LogP contribution in [0.15, 0.2) is 0 Å². The van der Waals surface area contributed by atoms with Crippen molar-refractivity contribution >= 4 is 23.2 Å². The van der Waals surface area contributed by atoms with Gasteiger partial charge in [0.15, 0.2) is 0 Å². The minimum atomic E-state index is 0.180. The standard InChI is InChI=1S/C17H34Cl2/c1-3-5-7-9-11-13-15-17(19)16(18)14-12-10-8-6-4-2/h16-17H,3-15H2,1-2H3. The van der Waals surface area contributed by atoms with Crippen molar-refractivity contribution in [2.75, 3.05) is 0 Å². The van der Waals surface area contributed by atoms with E-state index >= 15 is 0 Å². The Balaban J connectivity index is 3.35.